The predicted octanol–water partition coefficient (Wildman–Crippen LogP) is 3.76. The average Bonchev–Trinajstić information content (AvgIpc) is 3.23. The maximum absolute atomic E-state index is 14.2. The molecule has 3 aromatic rings. The number of aliphatic imine (C=N–C) groups is 1. The summed E-state index contributed by atoms with van der Waals surface area (Å²) >= 11 is 6.10. The molecule has 1 aromatic carbocycles. The van der Waals surface area contributed by atoms with Crippen molar-refractivity contribution >= 4 is 34.3 Å². The molecule has 0 radical (unpaired) electrons. The zero-order valence-electron chi connectivity index (χ0n) is 15.5. The number of anilines is 1. The van der Waals surface area contributed by atoms with Gasteiger partial charge in [-0.05, 0) is 49.9 Å². The van der Waals surface area contributed by atoms with Crippen molar-refractivity contribution in [3.05, 3.63) is 58.6 Å². The van der Waals surface area contributed by atoms with Gasteiger partial charge in [0.15, 0.2) is 0 Å². The third-order valence-corrected chi connectivity index (χ3v) is 5.35. The van der Waals surface area contributed by atoms with Gasteiger partial charge in [0.25, 0.3) is 0 Å². The number of aryl methyl sites for hydroxylation is 1. The van der Waals surface area contributed by atoms with Crippen molar-refractivity contribution in [1.29, 1.82) is 0 Å². The topological polar surface area (TPSA) is 93.7 Å². The maximum atomic E-state index is 14.2. The molecule has 2 heterocycles. The van der Waals surface area contributed by atoms with Gasteiger partial charge in [-0.2, -0.15) is 5.10 Å². The summed E-state index contributed by atoms with van der Waals surface area (Å²) in [5.41, 5.74) is 15.7. The Hall–Kier alpha value is -2.64. The van der Waals surface area contributed by atoms with Crippen LogP contribution in [0.3, 0.4) is 0 Å². The highest BCUT2D eigenvalue weighted by Gasteiger charge is 2.24. The van der Waals surface area contributed by atoms with Crippen molar-refractivity contribution in [3.8, 4) is 0 Å². The monoisotopic (exact) mass is 400 g/mol. The number of hydrogen-bond donors (Lipinski definition) is 3. The van der Waals surface area contributed by atoms with E-state index in [-0.39, 0.29) is 28.6 Å². The highest BCUT2D eigenvalue weighted by molar-refractivity contribution is 6.33. The minimum Gasteiger partial charge on any atom is -0.383 e. The summed E-state index contributed by atoms with van der Waals surface area (Å²) < 4.78 is 15.9. The molecule has 1 fully saturated rings. The molecule has 0 amide bonds. The van der Waals surface area contributed by atoms with Gasteiger partial charge in [-0.1, -0.05) is 17.7 Å². The van der Waals surface area contributed by atoms with Crippen molar-refractivity contribution < 1.29 is 4.39 Å². The van der Waals surface area contributed by atoms with Crippen LogP contribution in [0.5, 0.6) is 0 Å². The lowest BCUT2D eigenvalue weighted by molar-refractivity contribution is 0.630. The quantitative estimate of drug-likeness (QED) is 0.459. The summed E-state index contributed by atoms with van der Waals surface area (Å²) in [5, 5.41) is 8.19. The van der Waals surface area contributed by atoms with Gasteiger partial charge in [-0.3, -0.25) is 0 Å². The normalized spacial score (nSPS) is 20.1. The van der Waals surface area contributed by atoms with Crippen LogP contribution in [0.4, 0.5) is 15.8 Å². The van der Waals surface area contributed by atoms with E-state index < -0.39 is 5.82 Å². The number of amidine groups is 1. The Labute approximate surface area is 167 Å². The molecule has 1 saturated carbocycles. The molecule has 2 atom stereocenters. The number of aromatic nitrogens is 2. The minimum absolute atomic E-state index is 0.0157. The number of hydrogen-bond acceptors (Lipinski definition) is 4. The van der Waals surface area contributed by atoms with Crippen LogP contribution in [-0.2, 0) is 0 Å². The molecule has 0 spiro atoms. The first kappa shape index (κ1) is 18.7. The van der Waals surface area contributed by atoms with E-state index in [2.05, 4.69) is 15.4 Å². The Balaban J connectivity index is 1.81. The third kappa shape index (κ3) is 3.55. The van der Waals surface area contributed by atoms with E-state index in [9.17, 15) is 4.39 Å². The van der Waals surface area contributed by atoms with Crippen molar-refractivity contribution in [2.75, 3.05) is 5.32 Å². The molecular formula is C20H22ClFN6. The lowest BCUT2D eigenvalue weighted by Crippen LogP contribution is -2.24. The molecule has 2 aromatic heterocycles. The molecule has 4 rings (SSSR count). The van der Waals surface area contributed by atoms with Crippen LogP contribution in [0.25, 0.3) is 5.52 Å². The van der Waals surface area contributed by atoms with Crippen LogP contribution in [0.2, 0.25) is 5.02 Å². The molecule has 28 heavy (non-hydrogen) atoms. The second-order valence-electron chi connectivity index (χ2n) is 7.26. The Bertz CT molecular complexity index is 1040. The molecule has 0 aliphatic heterocycles. The Morgan fingerprint density at radius 2 is 2.21 bits per heavy atom. The highest BCUT2D eigenvalue weighted by Crippen LogP contribution is 2.31. The molecule has 1 aliphatic rings. The summed E-state index contributed by atoms with van der Waals surface area (Å²) in [7, 11) is 0. The fraction of sp³-hybridized carbons (Fsp3) is 0.300. The summed E-state index contributed by atoms with van der Waals surface area (Å²) in [4.78, 5) is 4.27. The van der Waals surface area contributed by atoms with E-state index in [0.29, 0.717) is 5.56 Å². The van der Waals surface area contributed by atoms with Crippen LogP contribution in [0, 0.1) is 12.7 Å². The van der Waals surface area contributed by atoms with Gasteiger partial charge in [-0.15, -0.1) is 0 Å². The van der Waals surface area contributed by atoms with Crippen molar-refractivity contribution in [2.24, 2.45) is 16.5 Å². The van der Waals surface area contributed by atoms with Crippen molar-refractivity contribution in [1.82, 2.24) is 9.61 Å². The van der Waals surface area contributed by atoms with E-state index >= 15 is 0 Å². The standard InChI is InChI=1S/C20H22ClFN6/c1-11-7-17-18(26-13-6-5-12(23)8-13)14(9-25-28(17)10-11)20(24)27-19-15(21)3-2-4-16(19)22/h2-4,7,9-10,12-13,26H,5-6,8,23H2,1H3,(H2,24,27)/t12-,13+/m0/s1. The number of fused-ring (bicyclic) bond motifs is 1. The predicted molar refractivity (Wildman–Crippen MR) is 111 cm³/mol. The lowest BCUT2D eigenvalue weighted by Gasteiger charge is -2.18. The Morgan fingerprint density at radius 1 is 1.39 bits per heavy atom. The smallest absolute Gasteiger partial charge is 0.150 e. The summed E-state index contributed by atoms with van der Waals surface area (Å²) in [6.07, 6.45) is 6.40. The molecule has 0 bridgehead atoms. The fourth-order valence-corrected chi connectivity index (χ4v) is 3.87. The van der Waals surface area contributed by atoms with Crippen LogP contribution in [0.15, 0.2) is 41.7 Å². The van der Waals surface area contributed by atoms with Gasteiger partial charge in [0.05, 0.1) is 28.0 Å². The Kier molecular flexibility index (Phi) is 4.95. The summed E-state index contributed by atoms with van der Waals surface area (Å²) in [6.45, 7) is 2.00. The lowest BCUT2D eigenvalue weighted by atomic mass is 10.1. The first-order valence-electron chi connectivity index (χ1n) is 9.21. The summed E-state index contributed by atoms with van der Waals surface area (Å²) in [5.74, 6) is -0.384. The molecular weight excluding hydrogens is 379 g/mol. The van der Waals surface area contributed by atoms with Crippen LogP contribution in [-0.4, -0.2) is 27.5 Å². The second-order valence-corrected chi connectivity index (χ2v) is 7.67. The van der Waals surface area contributed by atoms with Gasteiger partial charge in [0.2, 0.25) is 0 Å². The largest absolute Gasteiger partial charge is 0.383 e. The van der Waals surface area contributed by atoms with Crippen LogP contribution >= 0.6 is 11.6 Å². The van der Waals surface area contributed by atoms with Crippen molar-refractivity contribution in [2.45, 2.75) is 38.3 Å². The van der Waals surface area contributed by atoms with Crippen LogP contribution in [0.1, 0.15) is 30.4 Å². The Morgan fingerprint density at radius 3 is 2.93 bits per heavy atom. The first-order valence-corrected chi connectivity index (χ1v) is 9.59. The average molecular weight is 401 g/mol. The van der Waals surface area contributed by atoms with Gasteiger partial charge in [0.1, 0.15) is 17.3 Å². The number of benzene rings is 1. The molecule has 5 N–H and O–H groups in total. The van der Waals surface area contributed by atoms with E-state index in [1.165, 1.54) is 12.1 Å². The zero-order chi connectivity index (χ0) is 19.8. The molecule has 6 nitrogen and oxygen atoms in total. The van der Waals surface area contributed by atoms with E-state index in [0.717, 1.165) is 36.0 Å². The van der Waals surface area contributed by atoms with Crippen LogP contribution < -0.4 is 16.8 Å². The molecule has 0 unspecified atom stereocenters. The van der Waals surface area contributed by atoms with Gasteiger partial charge in [0, 0.05) is 18.3 Å². The van der Waals surface area contributed by atoms with Gasteiger partial charge < -0.3 is 16.8 Å². The SMILES string of the molecule is Cc1cc2c(N[C@@H]3CC[C@H](N)C3)c(/C(N)=N/c3c(F)cccc3Cl)cnn2c1. The number of para-hydroxylation sites is 1. The minimum atomic E-state index is -0.528. The number of nitrogens with two attached hydrogens (primary N) is 2. The fourth-order valence-electron chi connectivity index (χ4n) is 3.66. The summed E-state index contributed by atoms with van der Waals surface area (Å²) in [6, 6.07) is 6.86. The zero-order valence-corrected chi connectivity index (χ0v) is 16.2. The van der Waals surface area contributed by atoms with E-state index in [4.69, 9.17) is 23.1 Å². The number of nitrogens with one attached hydrogen (secondary N) is 1. The molecule has 146 valence electrons. The number of nitrogens with zero attached hydrogens (tertiary/aromatic N) is 3. The van der Waals surface area contributed by atoms with Gasteiger partial charge in [-0.25, -0.2) is 13.9 Å². The highest BCUT2D eigenvalue weighted by atomic mass is 35.5. The number of halogens is 2. The van der Waals surface area contributed by atoms with E-state index in [1.807, 2.05) is 19.2 Å². The second kappa shape index (κ2) is 7.41. The number of rotatable bonds is 4. The molecule has 0 saturated heterocycles. The first-order chi connectivity index (χ1) is 13.4. The molecule has 8 heteroatoms. The van der Waals surface area contributed by atoms with E-state index in [1.54, 1.807) is 16.8 Å². The third-order valence-electron chi connectivity index (χ3n) is 5.04. The molecule has 1 aliphatic carbocycles. The maximum Gasteiger partial charge on any atom is 0.150 e. The van der Waals surface area contributed by atoms with Gasteiger partial charge >= 0.3 is 0 Å². The van der Waals surface area contributed by atoms with Crippen molar-refractivity contribution in [3.63, 3.8) is 0 Å².